The zero-order chi connectivity index (χ0) is 21.5. The molecule has 1 aromatic carbocycles. The zero-order valence-corrected chi connectivity index (χ0v) is 20.5. The Balaban J connectivity index is 1.23. The van der Waals surface area contributed by atoms with E-state index in [2.05, 4.69) is 32.0 Å². The van der Waals surface area contributed by atoms with Crippen LogP contribution in [0.5, 0.6) is 0 Å². The maximum atomic E-state index is 6.29. The minimum absolute atomic E-state index is 0.572. The number of unbranched alkanes of at least 4 members (excludes halogenated alkanes) is 4. The topological polar surface area (TPSA) is 9.23 Å². The van der Waals surface area contributed by atoms with Crippen LogP contribution in [0.25, 0.3) is 0 Å². The smallest absolute Gasteiger partial charge is 0.0578 e. The Hall–Kier alpha value is -0.820. The van der Waals surface area contributed by atoms with E-state index >= 15 is 0 Å². The number of aryl methyl sites for hydroxylation is 2. The van der Waals surface area contributed by atoms with Crippen molar-refractivity contribution >= 4 is 0 Å². The predicted molar refractivity (Wildman–Crippen MR) is 133 cm³/mol. The monoisotopic (exact) mass is 424 g/mol. The number of fused-ring (bicyclic) bond motifs is 2. The molecule has 0 amide bonds. The molecule has 0 N–H and O–H groups in total. The van der Waals surface area contributed by atoms with Gasteiger partial charge in [0.25, 0.3) is 0 Å². The Morgan fingerprint density at radius 2 is 1.52 bits per heavy atom. The molecule has 174 valence electrons. The van der Waals surface area contributed by atoms with Crippen LogP contribution in [0.15, 0.2) is 18.2 Å². The quantitative estimate of drug-likeness (QED) is 0.343. The number of hydrogen-bond donors (Lipinski definition) is 0. The van der Waals surface area contributed by atoms with Gasteiger partial charge in [0.15, 0.2) is 0 Å². The summed E-state index contributed by atoms with van der Waals surface area (Å²) in [5.41, 5.74) is 4.93. The average Bonchev–Trinajstić information content (AvgIpc) is 2.81. The van der Waals surface area contributed by atoms with Gasteiger partial charge >= 0.3 is 0 Å². The van der Waals surface area contributed by atoms with Crippen molar-refractivity contribution < 1.29 is 4.74 Å². The third kappa shape index (κ3) is 6.37. The maximum absolute atomic E-state index is 6.29. The van der Waals surface area contributed by atoms with Crippen LogP contribution in [0, 0.1) is 23.7 Å². The van der Waals surface area contributed by atoms with Crippen molar-refractivity contribution in [3.05, 3.63) is 34.9 Å². The summed E-state index contributed by atoms with van der Waals surface area (Å²) in [4.78, 5) is 0. The summed E-state index contributed by atoms with van der Waals surface area (Å²) in [6.07, 6.45) is 22.5. The second kappa shape index (κ2) is 11.9. The highest BCUT2D eigenvalue weighted by Gasteiger charge is 2.38. The minimum Gasteiger partial charge on any atom is -0.378 e. The summed E-state index contributed by atoms with van der Waals surface area (Å²) in [7, 11) is 0. The lowest BCUT2D eigenvalue weighted by atomic mass is 9.62. The van der Waals surface area contributed by atoms with Crippen LogP contribution in [0.2, 0.25) is 0 Å². The lowest BCUT2D eigenvalue weighted by Crippen LogP contribution is -2.37. The fourth-order valence-electron chi connectivity index (χ4n) is 7.02. The van der Waals surface area contributed by atoms with Gasteiger partial charge in [0.1, 0.15) is 0 Å². The number of rotatable bonds is 10. The molecule has 31 heavy (non-hydrogen) atoms. The van der Waals surface area contributed by atoms with Crippen LogP contribution >= 0.6 is 0 Å². The highest BCUT2D eigenvalue weighted by Crippen LogP contribution is 2.47. The van der Waals surface area contributed by atoms with E-state index in [1.807, 2.05) is 0 Å². The van der Waals surface area contributed by atoms with Crippen molar-refractivity contribution in [3.8, 4) is 0 Å². The first-order valence-corrected chi connectivity index (χ1v) is 14.0. The van der Waals surface area contributed by atoms with Gasteiger partial charge in [-0.15, -0.1) is 0 Å². The third-order valence-corrected chi connectivity index (χ3v) is 8.98. The number of hydrogen-bond acceptors (Lipinski definition) is 1. The van der Waals surface area contributed by atoms with E-state index in [-0.39, 0.29) is 0 Å². The Bertz CT molecular complexity index is 664. The molecule has 4 rings (SSSR count). The summed E-state index contributed by atoms with van der Waals surface area (Å²) in [5.74, 6) is 3.89. The summed E-state index contributed by atoms with van der Waals surface area (Å²) in [6.45, 7) is 5.59. The lowest BCUT2D eigenvalue weighted by Gasteiger charge is -2.45. The molecule has 0 saturated heterocycles. The highest BCUT2D eigenvalue weighted by atomic mass is 16.5. The van der Waals surface area contributed by atoms with Crippen LogP contribution in [0.4, 0.5) is 0 Å². The molecule has 0 spiro atoms. The van der Waals surface area contributed by atoms with Crippen molar-refractivity contribution in [1.82, 2.24) is 0 Å². The van der Waals surface area contributed by atoms with Gasteiger partial charge in [0.05, 0.1) is 6.10 Å². The molecule has 0 bridgehead atoms. The fraction of sp³-hybridized carbons (Fsp3) is 0.800. The predicted octanol–water partition coefficient (Wildman–Crippen LogP) is 8.32. The van der Waals surface area contributed by atoms with E-state index in [0.717, 1.165) is 30.3 Å². The molecule has 3 unspecified atom stereocenters. The van der Waals surface area contributed by atoms with Crippen LogP contribution in [-0.2, 0) is 24.0 Å². The first-order chi connectivity index (χ1) is 15.3. The van der Waals surface area contributed by atoms with Crippen molar-refractivity contribution in [3.63, 3.8) is 0 Å². The van der Waals surface area contributed by atoms with E-state index in [0.29, 0.717) is 6.10 Å². The van der Waals surface area contributed by atoms with E-state index in [1.165, 1.54) is 103 Å². The van der Waals surface area contributed by atoms with Gasteiger partial charge in [-0.05, 0) is 117 Å². The molecule has 2 fully saturated rings. The van der Waals surface area contributed by atoms with Crippen LogP contribution in [0.1, 0.15) is 114 Å². The van der Waals surface area contributed by atoms with Gasteiger partial charge in [-0.25, -0.2) is 0 Å². The molecule has 3 aliphatic carbocycles. The summed E-state index contributed by atoms with van der Waals surface area (Å²) in [5, 5.41) is 0. The Labute approximate surface area is 192 Å². The van der Waals surface area contributed by atoms with Gasteiger partial charge in [-0.2, -0.15) is 0 Å². The molecule has 0 radical (unpaired) electrons. The van der Waals surface area contributed by atoms with E-state index in [9.17, 15) is 0 Å². The van der Waals surface area contributed by atoms with E-state index in [4.69, 9.17) is 4.74 Å². The highest BCUT2D eigenvalue weighted by molar-refractivity contribution is 5.34. The molecule has 0 aromatic heterocycles. The van der Waals surface area contributed by atoms with Crippen LogP contribution < -0.4 is 0 Å². The van der Waals surface area contributed by atoms with Crippen LogP contribution in [0.3, 0.4) is 0 Å². The lowest BCUT2D eigenvalue weighted by molar-refractivity contribution is -0.0250. The Kier molecular flexibility index (Phi) is 8.94. The standard InChI is InChI=1S/C30H48O/c1-3-5-7-8-18-31-30-17-16-28-21-27(14-15-29(28)22-30)26-13-12-24-19-23(9-6-4-2)10-11-25(24)20-26/h10-11,19,26-30H,3-9,12-18,20-22H2,1-2H3/t26?,27?,28-,29?,30-/m1/s1. The SMILES string of the molecule is CCCCCCO[C@@H]1CC[C@@H]2CC(C3CCc4cc(CCCC)ccc4C3)CCC2C1. The summed E-state index contributed by atoms with van der Waals surface area (Å²) in [6, 6.07) is 7.46. The Morgan fingerprint density at radius 1 is 0.742 bits per heavy atom. The van der Waals surface area contributed by atoms with Gasteiger partial charge in [-0.1, -0.05) is 57.7 Å². The molecule has 1 aromatic rings. The maximum Gasteiger partial charge on any atom is 0.0578 e. The first kappa shape index (κ1) is 23.3. The molecule has 0 aliphatic heterocycles. The largest absolute Gasteiger partial charge is 0.378 e. The average molecular weight is 425 g/mol. The van der Waals surface area contributed by atoms with Crippen molar-refractivity contribution in [2.24, 2.45) is 23.7 Å². The summed E-state index contributed by atoms with van der Waals surface area (Å²) < 4.78 is 6.29. The second-order valence-corrected chi connectivity index (χ2v) is 11.2. The molecular formula is C30H48O. The molecule has 5 atom stereocenters. The summed E-state index contributed by atoms with van der Waals surface area (Å²) >= 11 is 0. The molecule has 1 heteroatoms. The molecule has 0 heterocycles. The van der Waals surface area contributed by atoms with Gasteiger partial charge in [0.2, 0.25) is 0 Å². The molecule has 1 nitrogen and oxygen atoms in total. The van der Waals surface area contributed by atoms with Crippen molar-refractivity contribution in [2.45, 2.75) is 123 Å². The zero-order valence-electron chi connectivity index (χ0n) is 20.5. The van der Waals surface area contributed by atoms with Crippen molar-refractivity contribution in [1.29, 1.82) is 0 Å². The minimum atomic E-state index is 0.572. The second-order valence-electron chi connectivity index (χ2n) is 11.2. The number of ether oxygens (including phenoxy) is 1. The molecule has 3 aliphatic rings. The molecule has 2 saturated carbocycles. The fourth-order valence-corrected chi connectivity index (χ4v) is 7.02. The van der Waals surface area contributed by atoms with Crippen LogP contribution in [-0.4, -0.2) is 12.7 Å². The van der Waals surface area contributed by atoms with E-state index < -0.39 is 0 Å². The number of benzene rings is 1. The van der Waals surface area contributed by atoms with Gasteiger partial charge in [0, 0.05) is 6.61 Å². The van der Waals surface area contributed by atoms with Crippen molar-refractivity contribution in [2.75, 3.05) is 6.61 Å². The van der Waals surface area contributed by atoms with Gasteiger partial charge in [-0.3, -0.25) is 0 Å². The normalized spacial score (nSPS) is 30.6. The molecular weight excluding hydrogens is 376 g/mol. The first-order valence-electron chi connectivity index (χ1n) is 14.0. The Morgan fingerprint density at radius 3 is 2.35 bits per heavy atom. The van der Waals surface area contributed by atoms with E-state index in [1.54, 1.807) is 16.7 Å². The third-order valence-electron chi connectivity index (χ3n) is 8.98. The van der Waals surface area contributed by atoms with Gasteiger partial charge < -0.3 is 4.74 Å².